The van der Waals surface area contributed by atoms with E-state index in [0.717, 1.165) is 54.9 Å². The average Bonchev–Trinajstić information content (AvgIpc) is 3.45. The van der Waals surface area contributed by atoms with Gasteiger partial charge in [0.15, 0.2) is 0 Å². The highest BCUT2D eigenvalue weighted by atomic mass is 16.2. The predicted molar refractivity (Wildman–Crippen MR) is 150 cm³/mol. The van der Waals surface area contributed by atoms with E-state index in [1.54, 1.807) is 0 Å². The van der Waals surface area contributed by atoms with Crippen molar-refractivity contribution < 1.29 is 9.59 Å². The summed E-state index contributed by atoms with van der Waals surface area (Å²) >= 11 is 0. The number of piperidine rings is 1. The minimum Gasteiger partial charge on any atom is -0.355 e. The van der Waals surface area contributed by atoms with Crippen molar-refractivity contribution in [3.63, 3.8) is 0 Å². The lowest BCUT2D eigenvalue weighted by Gasteiger charge is -2.42. The fourth-order valence-corrected chi connectivity index (χ4v) is 5.54. The van der Waals surface area contributed by atoms with Gasteiger partial charge in [-0.15, -0.1) is 0 Å². The third kappa shape index (κ3) is 5.11. The molecule has 3 heterocycles. The minimum atomic E-state index is -0.0906. The first kappa shape index (κ1) is 25.4. The molecule has 0 atom stereocenters. The van der Waals surface area contributed by atoms with Crippen LogP contribution in [0.3, 0.4) is 0 Å². The average molecular weight is 511 g/mol. The Bertz CT molecular complexity index is 1410. The Morgan fingerprint density at radius 1 is 1.05 bits per heavy atom. The summed E-state index contributed by atoms with van der Waals surface area (Å²) < 4.78 is 0. The number of nitrogens with zero attached hydrogens (tertiary/aromatic N) is 4. The van der Waals surface area contributed by atoms with Crippen LogP contribution in [0.15, 0.2) is 73.2 Å². The maximum Gasteiger partial charge on any atom is 0.253 e. The number of rotatable bonds is 8. The summed E-state index contributed by atoms with van der Waals surface area (Å²) in [5.41, 5.74) is 3.71. The summed E-state index contributed by atoms with van der Waals surface area (Å²) in [6.45, 7) is 6.14. The monoisotopic (exact) mass is 510 g/mol. The minimum absolute atomic E-state index is 0.0425. The van der Waals surface area contributed by atoms with E-state index in [1.807, 2.05) is 46.3 Å². The number of H-pyrrole nitrogens is 1. The number of amides is 2. The van der Waals surface area contributed by atoms with Gasteiger partial charge in [0.1, 0.15) is 17.8 Å². The fraction of sp³-hybridized carbons (Fsp3) is 0.333. The Labute approximate surface area is 223 Å². The van der Waals surface area contributed by atoms with Crippen LogP contribution in [0.4, 0.5) is 11.5 Å². The molecule has 0 saturated carbocycles. The van der Waals surface area contributed by atoms with E-state index in [2.05, 4.69) is 57.5 Å². The van der Waals surface area contributed by atoms with E-state index in [4.69, 9.17) is 0 Å². The maximum atomic E-state index is 13.6. The van der Waals surface area contributed by atoms with E-state index in [1.165, 1.54) is 18.8 Å². The Morgan fingerprint density at radius 3 is 2.58 bits per heavy atom. The Morgan fingerprint density at radius 2 is 1.84 bits per heavy atom. The summed E-state index contributed by atoms with van der Waals surface area (Å²) in [4.78, 5) is 41.2. The van der Waals surface area contributed by atoms with E-state index in [9.17, 15) is 9.59 Å². The van der Waals surface area contributed by atoms with Crippen LogP contribution < -0.4 is 10.2 Å². The fourth-order valence-electron chi connectivity index (χ4n) is 5.54. The molecule has 8 heteroatoms. The highest BCUT2D eigenvalue weighted by Crippen LogP contribution is 2.39. The zero-order valence-corrected chi connectivity index (χ0v) is 22.0. The van der Waals surface area contributed by atoms with Crippen molar-refractivity contribution in [1.82, 2.24) is 25.2 Å². The zero-order valence-electron chi connectivity index (χ0n) is 22.0. The summed E-state index contributed by atoms with van der Waals surface area (Å²) in [6, 6.07) is 20.3. The number of hydrogen-bond acceptors (Lipinski definition) is 5. The number of benzene rings is 2. The van der Waals surface area contributed by atoms with Gasteiger partial charge in [-0.2, -0.15) is 0 Å². The van der Waals surface area contributed by atoms with Gasteiger partial charge in [0, 0.05) is 50.6 Å². The van der Waals surface area contributed by atoms with E-state index in [-0.39, 0.29) is 17.2 Å². The molecule has 1 saturated heterocycles. The molecular weight excluding hydrogens is 476 g/mol. The van der Waals surface area contributed by atoms with Gasteiger partial charge in [-0.05, 0) is 54.5 Å². The molecule has 2 aromatic heterocycles. The van der Waals surface area contributed by atoms with Crippen molar-refractivity contribution in [3.05, 3.63) is 84.3 Å². The van der Waals surface area contributed by atoms with Gasteiger partial charge in [0.25, 0.3) is 5.91 Å². The molecule has 196 valence electrons. The number of aromatic nitrogens is 3. The van der Waals surface area contributed by atoms with Crippen molar-refractivity contribution >= 4 is 34.4 Å². The maximum absolute atomic E-state index is 13.6. The number of carbonyl (C=O) groups is 2. The van der Waals surface area contributed by atoms with Crippen molar-refractivity contribution in [1.29, 1.82) is 0 Å². The lowest BCUT2D eigenvalue weighted by atomic mass is 9.71. The third-order valence-corrected chi connectivity index (χ3v) is 7.77. The largest absolute Gasteiger partial charge is 0.355 e. The van der Waals surface area contributed by atoms with Crippen molar-refractivity contribution in [2.75, 3.05) is 31.1 Å². The van der Waals surface area contributed by atoms with Gasteiger partial charge in [0.05, 0.1) is 5.39 Å². The SMILES string of the molecule is CCC1(c2ccccc2)CCN(C(=O)c2cccc(N(CCNC(C)=O)c3ncnc4[nH]ccc34)c2)CC1. The molecule has 0 unspecified atom stereocenters. The molecule has 1 aliphatic heterocycles. The number of anilines is 2. The van der Waals surface area contributed by atoms with E-state index >= 15 is 0 Å². The summed E-state index contributed by atoms with van der Waals surface area (Å²) in [5.74, 6) is 0.674. The van der Waals surface area contributed by atoms with Gasteiger partial charge in [-0.3, -0.25) is 9.59 Å². The molecule has 4 aromatic rings. The highest BCUT2D eigenvalue weighted by molar-refractivity contribution is 5.96. The second-order valence-electron chi connectivity index (χ2n) is 9.91. The van der Waals surface area contributed by atoms with Gasteiger partial charge >= 0.3 is 0 Å². The lowest BCUT2D eigenvalue weighted by molar-refractivity contribution is -0.118. The second kappa shape index (κ2) is 11.0. The lowest BCUT2D eigenvalue weighted by Crippen LogP contribution is -2.45. The Kier molecular flexibility index (Phi) is 7.40. The van der Waals surface area contributed by atoms with Crippen LogP contribution >= 0.6 is 0 Å². The number of hydrogen-bond donors (Lipinski definition) is 2. The smallest absolute Gasteiger partial charge is 0.253 e. The number of nitrogens with one attached hydrogen (secondary N) is 2. The molecule has 0 spiro atoms. The molecule has 38 heavy (non-hydrogen) atoms. The quantitative estimate of drug-likeness (QED) is 0.355. The predicted octanol–water partition coefficient (Wildman–Crippen LogP) is 4.82. The second-order valence-corrected chi connectivity index (χ2v) is 9.91. The van der Waals surface area contributed by atoms with Gasteiger partial charge in [0.2, 0.25) is 5.91 Å². The van der Waals surface area contributed by atoms with E-state index < -0.39 is 0 Å². The third-order valence-electron chi connectivity index (χ3n) is 7.77. The first-order chi connectivity index (χ1) is 18.5. The van der Waals surface area contributed by atoms with Gasteiger partial charge < -0.3 is 20.1 Å². The molecule has 8 nitrogen and oxygen atoms in total. The Hall–Kier alpha value is -4.20. The standard InChI is InChI=1S/C30H34N6O2/c1-3-30(24-9-5-4-6-10-24)13-17-35(18-14-30)29(38)23-8-7-11-25(20-23)36(19-16-31-22(2)37)28-26-12-15-32-27(26)33-21-34-28/h4-12,15,20-21H,3,13-14,16-19H2,1-2H3,(H,31,37)(H,32,33,34). The van der Waals surface area contributed by atoms with Gasteiger partial charge in [-0.1, -0.05) is 43.3 Å². The van der Waals surface area contributed by atoms with Crippen LogP contribution in [0.5, 0.6) is 0 Å². The first-order valence-corrected chi connectivity index (χ1v) is 13.3. The molecule has 0 radical (unpaired) electrons. The van der Waals surface area contributed by atoms with Crippen LogP contribution in [0.1, 0.15) is 49.0 Å². The normalized spacial score (nSPS) is 14.8. The van der Waals surface area contributed by atoms with Gasteiger partial charge in [-0.25, -0.2) is 9.97 Å². The summed E-state index contributed by atoms with van der Waals surface area (Å²) in [5, 5.41) is 3.74. The number of fused-ring (bicyclic) bond motifs is 1. The van der Waals surface area contributed by atoms with Crippen molar-refractivity contribution in [2.45, 2.75) is 38.5 Å². The molecule has 2 aromatic carbocycles. The first-order valence-electron chi connectivity index (χ1n) is 13.3. The van der Waals surface area contributed by atoms with Crippen molar-refractivity contribution in [3.8, 4) is 0 Å². The number of aromatic amines is 1. The molecule has 2 amide bonds. The molecule has 1 fully saturated rings. The van der Waals surface area contributed by atoms with Crippen LogP contribution in [-0.4, -0.2) is 57.8 Å². The van der Waals surface area contributed by atoms with Crippen molar-refractivity contribution in [2.24, 2.45) is 0 Å². The topological polar surface area (TPSA) is 94.2 Å². The zero-order chi connectivity index (χ0) is 26.5. The van der Waals surface area contributed by atoms with Crippen LogP contribution in [0, 0.1) is 0 Å². The molecule has 5 rings (SSSR count). The number of carbonyl (C=O) groups excluding carboxylic acids is 2. The molecular formula is C30H34N6O2. The van der Waals surface area contributed by atoms with E-state index in [0.29, 0.717) is 18.7 Å². The Balaban J connectivity index is 1.38. The van der Waals surface area contributed by atoms with Crippen LogP contribution in [0.2, 0.25) is 0 Å². The summed E-state index contributed by atoms with van der Waals surface area (Å²) in [7, 11) is 0. The van der Waals surface area contributed by atoms with Crippen LogP contribution in [-0.2, 0) is 10.2 Å². The number of likely N-dealkylation sites (tertiary alicyclic amines) is 1. The molecule has 2 N–H and O–H groups in total. The highest BCUT2D eigenvalue weighted by Gasteiger charge is 2.36. The molecule has 0 aliphatic carbocycles. The molecule has 0 bridgehead atoms. The van der Waals surface area contributed by atoms with Crippen LogP contribution in [0.25, 0.3) is 11.0 Å². The molecule has 1 aliphatic rings. The summed E-state index contributed by atoms with van der Waals surface area (Å²) in [6.07, 6.45) is 6.32.